The van der Waals surface area contributed by atoms with Crippen LogP contribution in [0.5, 0.6) is 5.88 Å². The SMILES string of the molecule is CC(C)CNc1nc(O)c2c(n1)[N+]=CN2. The largest absolute Gasteiger partial charge is 0.490 e. The Bertz CT molecular complexity index is 402. The first-order chi connectivity index (χ1) is 7.16. The van der Waals surface area contributed by atoms with Gasteiger partial charge in [-0.05, 0) is 5.92 Å². The zero-order valence-electron chi connectivity index (χ0n) is 8.65. The van der Waals surface area contributed by atoms with Crippen LogP contribution in [0.1, 0.15) is 13.8 Å². The first-order valence-corrected chi connectivity index (χ1v) is 4.81. The highest BCUT2D eigenvalue weighted by molar-refractivity contribution is 5.90. The third-order valence-corrected chi connectivity index (χ3v) is 1.93. The van der Waals surface area contributed by atoms with Gasteiger partial charge in [0.05, 0.1) is 0 Å². The zero-order valence-corrected chi connectivity index (χ0v) is 8.65. The van der Waals surface area contributed by atoms with Crippen molar-refractivity contribution in [2.45, 2.75) is 13.8 Å². The van der Waals surface area contributed by atoms with Crippen molar-refractivity contribution >= 4 is 23.8 Å². The molecule has 0 saturated heterocycles. The summed E-state index contributed by atoms with van der Waals surface area (Å²) in [5, 5.41) is 15.3. The number of hydrogen-bond acceptors (Lipinski definition) is 6. The first kappa shape index (κ1) is 9.70. The minimum absolute atomic E-state index is 0.0799. The van der Waals surface area contributed by atoms with Gasteiger partial charge in [0, 0.05) is 6.54 Å². The van der Waals surface area contributed by atoms with Crippen molar-refractivity contribution < 1.29 is 5.11 Å². The number of aliphatic imine (C=N–C) groups is 1. The van der Waals surface area contributed by atoms with E-state index in [1.54, 1.807) is 0 Å². The van der Waals surface area contributed by atoms with Crippen molar-refractivity contribution in [3.05, 3.63) is 0 Å². The second-order valence-electron chi connectivity index (χ2n) is 3.75. The number of fused-ring (bicyclic) bond motifs is 1. The molecule has 1 aliphatic rings. The predicted octanol–water partition coefficient (Wildman–Crippen LogP) is 0.671. The van der Waals surface area contributed by atoms with Gasteiger partial charge in [0.15, 0.2) is 0 Å². The summed E-state index contributed by atoms with van der Waals surface area (Å²) in [6, 6.07) is 0. The Balaban J connectivity index is 2.19. The van der Waals surface area contributed by atoms with Crippen LogP contribution in [0.15, 0.2) is 0 Å². The highest BCUT2D eigenvalue weighted by Crippen LogP contribution is 2.30. The van der Waals surface area contributed by atoms with E-state index in [2.05, 4.69) is 39.4 Å². The van der Waals surface area contributed by atoms with E-state index in [1.165, 1.54) is 6.34 Å². The number of rotatable bonds is 3. The molecule has 2 rings (SSSR count). The van der Waals surface area contributed by atoms with Gasteiger partial charge in [-0.2, -0.15) is 4.98 Å². The van der Waals surface area contributed by atoms with E-state index >= 15 is 0 Å². The molecule has 6 nitrogen and oxygen atoms in total. The van der Waals surface area contributed by atoms with Gasteiger partial charge < -0.3 is 10.4 Å². The summed E-state index contributed by atoms with van der Waals surface area (Å²) < 4.78 is 0. The van der Waals surface area contributed by atoms with Crippen LogP contribution in [0, 0.1) is 5.92 Å². The van der Waals surface area contributed by atoms with Gasteiger partial charge in [-0.15, -0.1) is 0 Å². The average molecular weight is 207 g/mol. The number of nitrogens with one attached hydrogen (secondary N) is 2. The summed E-state index contributed by atoms with van der Waals surface area (Å²) >= 11 is 0. The van der Waals surface area contributed by atoms with E-state index < -0.39 is 0 Å². The summed E-state index contributed by atoms with van der Waals surface area (Å²) in [7, 11) is 0. The van der Waals surface area contributed by atoms with Crippen LogP contribution in [0.4, 0.5) is 17.5 Å². The highest BCUT2D eigenvalue weighted by Gasteiger charge is 2.24. The van der Waals surface area contributed by atoms with Crippen molar-refractivity contribution in [2.24, 2.45) is 5.92 Å². The van der Waals surface area contributed by atoms with E-state index in [1.807, 2.05) is 0 Å². The van der Waals surface area contributed by atoms with Crippen LogP contribution in [-0.2, 0) is 0 Å². The van der Waals surface area contributed by atoms with Gasteiger partial charge in [0.2, 0.25) is 12.0 Å². The predicted molar refractivity (Wildman–Crippen MR) is 58.5 cm³/mol. The third-order valence-electron chi connectivity index (χ3n) is 1.93. The van der Waals surface area contributed by atoms with Gasteiger partial charge in [-0.3, -0.25) is 5.32 Å². The van der Waals surface area contributed by atoms with Crippen molar-refractivity contribution in [3.8, 4) is 5.88 Å². The fourth-order valence-corrected chi connectivity index (χ4v) is 1.19. The second kappa shape index (κ2) is 3.72. The summed E-state index contributed by atoms with van der Waals surface area (Å²) in [4.78, 5) is 12.0. The molecule has 0 aromatic carbocycles. The molecule has 1 radical (unpaired) electrons. The maximum Gasteiger partial charge on any atom is 0.345 e. The lowest BCUT2D eigenvalue weighted by Crippen LogP contribution is -2.10. The molecule has 3 N–H and O–H groups in total. The number of hydrogen-bond donors (Lipinski definition) is 3. The van der Waals surface area contributed by atoms with E-state index in [9.17, 15) is 5.11 Å². The van der Waals surface area contributed by atoms with Crippen molar-refractivity contribution in [2.75, 3.05) is 17.2 Å². The van der Waals surface area contributed by atoms with Gasteiger partial charge in [0.25, 0.3) is 5.88 Å². The molecule has 1 aromatic heterocycles. The summed E-state index contributed by atoms with van der Waals surface area (Å²) in [5.41, 5.74) is 0.463. The lowest BCUT2D eigenvalue weighted by molar-refractivity contribution is 0.456. The molecule has 0 fully saturated rings. The molecule has 0 unspecified atom stereocenters. The quantitative estimate of drug-likeness (QED) is 0.678. The molecule has 0 saturated carbocycles. The lowest BCUT2D eigenvalue weighted by atomic mass is 10.2. The van der Waals surface area contributed by atoms with Gasteiger partial charge >= 0.3 is 11.8 Å². The molecule has 0 aliphatic carbocycles. The molecule has 0 bridgehead atoms. The minimum Gasteiger partial charge on any atom is -0.490 e. The number of aromatic hydroxyl groups is 1. The van der Waals surface area contributed by atoms with Gasteiger partial charge in [0.1, 0.15) is 0 Å². The molecule has 79 valence electrons. The summed E-state index contributed by atoms with van der Waals surface area (Å²) in [6.45, 7) is 4.93. The molecule has 15 heavy (non-hydrogen) atoms. The number of aromatic nitrogens is 2. The highest BCUT2D eigenvalue weighted by atomic mass is 16.3. The van der Waals surface area contributed by atoms with Crippen molar-refractivity contribution in [1.29, 1.82) is 0 Å². The monoisotopic (exact) mass is 207 g/mol. The van der Waals surface area contributed by atoms with Crippen molar-refractivity contribution in [3.63, 3.8) is 0 Å². The maximum absolute atomic E-state index is 9.54. The van der Waals surface area contributed by atoms with Crippen molar-refractivity contribution in [1.82, 2.24) is 15.0 Å². The lowest BCUT2D eigenvalue weighted by Gasteiger charge is -2.05. The molecular formula is C9H13N5O+. The van der Waals surface area contributed by atoms with Gasteiger partial charge in [-0.25, -0.2) is 0 Å². The van der Waals surface area contributed by atoms with E-state index in [-0.39, 0.29) is 5.88 Å². The van der Waals surface area contributed by atoms with Gasteiger partial charge in [-0.1, -0.05) is 23.8 Å². The van der Waals surface area contributed by atoms with E-state index in [0.717, 1.165) is 6.54 Å². The number of nitrogens with zero attached hydrogens (tertiary/aromatic N) is 3. The average Bonchev–Trinajstić information content (AvgIpc) is 2.63. The minimum atomic E-state index is -0.0799. The smallest absolute Gasteiger partial charge is 0.345 e. The molecule has 1 aliphatic heterocycles. The molecule has 0 spiro atoms. The molecule has 1 aromatic rings. The fourth-order valence-electron chi connectivity index (χ4n) is 1.19. The Hall–Kier alpha value is -1.85. The second-order valence-corrected chi connectivity index (χ2v) is 3.75. The van der Waals surface area contributed by atoms with E-state index in [4.69, 9.17) is 0 Å². The van der Waals surface area contributed by atoms with Crippen LogP contribution in [-0.4, -0.2) is 28.0 Å². The Labute approximate surface area is 87.5 Å². The first-order valence-electron chi connectivity index (χ1n) is 4.81. The van der Waals surface area contributed by atoms with Crippen LogP contribution < -0.4 is 15.6 Å². The fraction of sp³-hybridized carbons (Fsp3) is 0.444. The molecule has 0 amide bonds. The van der Waals surface area contributed by atoms with E-state index in [0.29, 0.717) is 23.4 Å². The Morgan fingerprint density at radius 2 is 2.33 bits per heavy atom. The van der Waals surface area contributed by atoms with Crippen LogP contribution >= 0.6 is 0 Å². The molecule has 2 heterocycles. The normalized spacial score (nSPS) is 12.7. The summed E-state index contributed by atoms with van der Waals surface area (Å²) in [5.74, 6) is 1.28. The molecular weight excluding hydrogens is 194 g/mol. The Kier molecular flexibility index (Phi) is 2.40. The van der Waals surface area contributed by atoms with Crippen LogP contribution in [0.2, 0.25) is 0 Å². The Morgan fingerprint density at radius 1 is 1.53 bits per heavy atom. The Morgan fingerprint density at radius 3 is 3.07 bits per heavy atom. The maximum atomic E-state index is 9.54. The number of anilines is 2. The third kappa shape index (κ3) is 1.98. The molecule has 0 atom stereocenters. The standard InChI is InChI=1S/C9H13N5O/c1-5(2)3-10-9-13-7-6(8(15)14-9)11-4-12-7/h4-5,11H,3H2,1-2H3,(H2,10,13,14,15)/q+1. The molecule has 6 heteroatoms. The summed E-state index contributed by atoms with van der Waals surface area (Å²) in [6.07, 6.45) is 1.48. The van der Waals surface area contributed by atoms with Crippen LogP contribution in [0.3, 0.4) is 0 Å². The van der Waals surface area contributed by atoms with Crippen LogP contribution in [0.25, 0.3) is 0 Å². The topological polar surface area (TPSA) is 84.2 Å². The zero-order chi connectivity index (χ0) is 10.8.